The minimum atomic E-state index is -0.388. The van der Waals surface area contributed by atoms with E-state index < -0.39 is 0 Å². The molecule has 1 saturated heterocycles. The SMILES string of the molecule is Fc1ccc(Nc2cc(-c3nc(N4CCNCC4)c4c(C5CC5)cncc4n3)ccn2)c(Cl)c1. The van der Waals surface area contributed by atoms with Crippen LogP contribution in [0.1, 0.15) is 24.3 Å². The van der Waals surface area contributed by atoms with Crippen LogP contribution in [-0.4, -0.2) is 46.1 Å². The van der Waals surface area contributed by atoms with Gasteiger partial charge in [0.15, 0.2) is 5.82 Å². The van der Waals surface area contributed by atoms with Crippen molar-refractivity contribution in [3.63, 3.8) is 0 Å². The van der Waals surface area contributed by atoms with Crippen LogP contribution in [0.4, 0.5) is 21.7 Å². The smallest absolute Gasteiger partial charge is 0.162 e. The summed E-state index contributed by atoms with van der Waals surface area (Å²) in [5, 5.41) is 7.98. The maximum atomic E-state index is 13.4. The lowest BCUT2D eigenvalue weighted by Gasteiger charge is -2.30. The topological polar surface area (TPSA) is 78.9 Å². The summed E-state index contributed by atoms with van der Waals surface area (Å²) in [6.45, 7) is 3.63. The molecular formula is C25H23ClFN7. The van der Waals surface area contributed by atoms with E-state index in [-0.39, 0.29) is 10.8 Å². The van der Waals surface area contributed by atoms with E-state index in [4.69, 9.17) is 21.6 Å². The van der Waals surface area contributed by atoms with Gasteiger partial charge in [-0.3, -0.25) is 4.98 Å². The Morgan fingerprint density at radius 2 is 1.91 bits per heavy atom. The van der Waals surface area contributed by atoms with Gasteiger partial charge in [-0.25, -0.2) is 19.3 Å². The van der Waals surface area contributed by atoms with E-state index >= 15 is 0 Å². The summed E-state index contributed by atoms with van der Waals surface area (Å²) in [6.07, 6.45) is 7.89. The molecule has 1 aliphatic heterocycles. The molecule has 0 atom stereocenters. The van der Waals surface area contributed by atoms with Crippen molar-refractivity contribution >= 4 is 39.8 Å². The normalized spacial score (nSPS) is 16.1. The van der Waals surface area contributed by atoms with Crippen LogP contribution in [0.5, 0.6) is 0 Å². The van der Waals surface area contributed by atoms with E-state index in [1.807, 2.05) is 24.5 Å². The first kappa shape index (κ1) is 21.2. The summed E-state index contributed by atoms with van der Waals surface area (Å²) in [5.41, 5.74) is 3.51. The van der Waals surface area contributed by atoms with Crippen molar-refractivity contribution in [1.82, 2.24) is 25.3 Å². The van der Waals surface area contributed by atoms with Crippen molar-refractivity contribution in [1.29, 1.82) is 0 Å². The van der Waals surface area contributed by atoms with Crippen molar-refractivity contribution in [2.75, 3.05) is 36.4 Å². The first-order chi connectivity index (χ1) is 16.7. The van der Waals surface area contributed by atoms with Crippen molar-refractivity contribution < 1.29 is 4.39 Å². The van der Waals surface area contributed by atoms with Gasteiger partial charge in [0, 0.05) is 49.5 Å². The monoisotopic (exact) mass is 475 g/mol. The maximum absolute atomic E-state index is 13.4. The number of nitrogens with zero attached hydrogens (tertiary/aromatic N) is 5. The van der Waals surface area contributed by atoms with Crippen LogP contribution in [0, 0.1) is 5.82 Å². The summed E-state index contributed by atoms with van der Waals surface area (Å²) >= 11 is 6.18. The number of pyridine rings is 2. The molecule has 0 amide bonds. The molecule has 1 saturated carbocycles. The number of rotatable bonds is 5. The van der Waals surface area contributed by atoms with E-state index in [9.17, 15) is 4.39 Å². The molecule has 4 aromatic rings. The van der Waals surface area contributed by atoms with Gasteiger partial charge in [-0.05, 0) is 54.7 Å². The van der Waals surface area contributed by atoms with Crippen molar-refractivity contribution in [2.45, 2.75) is 18.8 Å². The predicted octanol–water partition coefficient (Wildman–Crippen LogP) is 4.91. The van der Waals surface area contributed by atoms with Crippen LogP contribution in [0.2, 0.25) is 5.02 Å². The minimum Gasteiger partial charge on any atom is -0.353 e. The number of nitrogens with one attached hydrogen (secondary N) is 2. The molecule has 0 unspecified atom stereocenters. The number of hydrogen-bond donors (Lipinski definition) is 2. The number of fused-ring (bicyclic) bond motifs is 1. The molecule has 3 aromatic heterocycles. The van der Waals surface area contributed by atoms with Gasteiger partial charge in [0.25, 0.3) is 0 Å². The molecule has 172 valence electrons. The van der Waals surface area contributed by atoms with E-state index in [2.05, 4.69) is 25.5 Å². The molecule has 34 heavy (non-hydrogen) atoms. The Labute approximate surface area is 201 Å². The third-order valence-electron chi connectivity index (χ3n) is 6.26. The Hall–Kier alpha value is -3.36. The summed E-state index contributed by atoms with van der Waals surface area (Å²) in [6, 6.07) is 7.98. The average Bonchev–Trinajstić information content (AvgIpc) is 3.71. The Morgan fingerprint density at radius 3 is 2.71 bits per heavy atom. The van der Waals surface area contributed by atoms with Crippen LogP contribution < -0.4 is 15.5 Å². The third kappa shape index (κ3) is 4.15. The number of halogens is 2. The molecule has 2 N–H and O–H groups in total. The second-order valence-electron chi connectivity index (χ2n) is 8.68. The molecule has 4 heterocycles. The Kier molecular flexibility index (Phi) is 5.47. The summed E-state index contributed by atoms with van der Waals surface area (Å²) < 4.78 is 13.4. The van der Waals surface area contributed by atoms with Crippen LogP contribution in [0.3, 0.4) is 0 Å². The maximum Gasteiger partial charge on any atom is 0.162 e. The fourth-order valence-corrected chi connectivity index (χ4v) is 4.61. The average molecular weight is 476 g/mol. The quantitative estimate of drug-likeness (QED) is 0.424. The fourth-order valence-electron chi connectivity index (χ4n) is 4.39. The van der Waals surface area contributed by atoms with E-state index in [1.54, 1.807) is 12.3 Å². The zero-order chi connectivity index (χ0) is 23.1. The molecule has 0 spiro atoms. The van der Waals surface area contributed by atoms with Crippen molar-refractivity contribution in [3.05, 3.63) is 65.3 Å². The highest BCUT2D eigenvalue weighted by atomic mass is 35.5. The van der Waals surface area contributed by atoms with Gasteiger partial charge in [0.05, 0.1) is 22.4 Å². The van der Waals surface area contributed by atoms with E-state index in [1.165, 1.54) is 30.5 Å². The summed E-state index contributed by atoms with van der Waals surface area (Å²) in [4.78, 5) is 21.2. The van der Waals surface area contributed by atoms with E-state index in [0.29, 0.717) is 23.2 Å². The highest BCUT2D eigenvalue weighted by Gasteiger charge is 2.29. The van der Waals surface area contributed by atoms with Crippen molar-refractivity contribution in [2.24, 2.45) is 0 Å². The molecule has 7 nitrogen and oxygen atoms in total. The fraction of sp³-hybridized carbons (Fsp3) is 0.280. The second-order valence-corrected chi connectivity index (χ2v) is 9.09. The number of piperazine rings is 1. The number of benzene rings is 1. The van der Waals surface area contributed by atoms with Gasteiger partial charge in [-0.2, -0.15) is 0 Å². The van der Waals surface area contributed by atoms with Gasteiger partial charge in [0.2, 0.25) is 0 Å². The minimum absolute atomic E-state index is 0.286. The van der Waals surface area contributed by atoms with Gasteiger partial charge in [0.1, 0.15) is 17.5 Å². The molecule has 0 bridgehead atoms. The van der Waals surface area contributed by atoms with E-state index in [0.717, 1.165) is 48.5 Å². The highest BCUT2D eigenvalue weighted by Crippen LogP contribution is 2.44. The van der Waals surface area contributed by atoms with Crippen LogP contribution in [0.25, 0.3) is 22.3 Å². The molecule has 6 rings (SSSR count). The lowest BCUT2D eigenvalue weighted by atomic mass is 10.1. The highest BCUT2D eigenvalue weighted by molar-refractivity contribution is 6.33. The Balaban J connectivity index is 1.43. The molecule has 2 fully saturated rings. The predicted molar refractivity (Wildman–Crippen MR) is 132 cm³/mol. The van der Waals surface area contributed by atoms with Gasteiger partial charge >= 0.3 is 0 Å². The molecule has 2 aliphatic rings. The Bertz CT molecular complexity index is 1370. The molecule has 1 aromatic carbocycles. The van der Waals surface area contributed by atoms with Gasteiger partial charge in [-0.15, -0.1) is 0 Å². The summed E-state index contributed by atoms with van der Waals surface area (Å²) in [7, 11) is 0. The van der Waals surface area contributed by atoms with Gasteiger partial charge < -0.3 is 15.5 Å². The number of aromatic nitrogens is 4. The van der Waals surface area contributed by atoms with Crippen LogP contribution in [0.15, 0.2) is 48.9 Å². The second kappa shape index (κ2) is 8.77. The zero-order valence-electron chi connectivity index (χ0n) is 18.4. The zero-order valence-corrected chi connectivity index (χ0v) is 19.2. The lowest BCUT2D eigenvalue weighted by molar-refractivity contribution is 0.586. The number of anilines is 3. The third-order valence-corrected chi connectivity index (χ3v) is 6.58. The summed E-state index contributed by atoms with van der Waals surface area (Å²) in [5.74, 6) is 2.32. The van der Waals surface area contributed by atoms with Gasteiger partial charge in [-0.1, -0.05) is 11.6 Å². The Morgan fingerprint density at radius 1 is 1.06 bits per heavy atom. The molecule has 9 heteroatoms. The first-order valence-corrected chi connectivity index (χ1v) is 11.8. The number of hydrogen-bond acceptors (Lipinski definition) is 7. The largest absolute Gasteiger partial charge is 0.353 e. The lowest BCUT2D eigenvalue weighted by Crippen LogP contribution is -2.44. The molecule has 0 radical (unpaired) electrons. The van der Waals surface area contributed by atoms with Crippen molar-refractivity contribution in [3.8, 4) is 11.4 Å². The molecular weight excluding hydrogens is 453 g/mol. The standard InChI is InChI=1S/C25H23ClFN7/c26-19-12-17(27)3-4-20(19)31-22-11-16(5-6-30-22)24-32-21-14-29-13-18(15-1-2-15)23(21)25(33-24)34-9-7-28-8-10-34/h3-6,11-15,28H,1-2,7-10H2,(H,30,31). The van der Waals surface area contributed by atoms with Crippen LogP contribution in [-0.2, 0) is 0 Å². The van der Waals surface area contributed by atoms with Crippen LogP contribution >= 0.6 is 11.6 Å². The first-order valence-electron chi connectivity index (χ1n) is 11.5. The molecule has 1 aliphatic carbocycles.